The van der Waals surface area contributed by atoms with Gasteiger partial charge in [-0.2, -0.15) is 0 Å². The zero-order valence-electron chi connectivity index (χ0n) is 19.0. The van der Waals surface area contributed by atoms with E-state index in [1.807, 2.05) is 42.5 Å². The lowest BCUT2D eigenvalue weighted by Crippen LogP contribution is -2.28. The standard InChI is InChI=1S/C27H31NO5S/c29-18-9-11-21(30)10-8-14-23-26(31)24(34-25-15-4-6-17-28-25)20-27(23,32)16-5-7-19-33-22-12-2-1-3-13-22/h1-4,6,8,10,12-15,17,20-21,29-30,32H,5,7,9,11,16,18-19H2/b10-8+,23-14-. The molecule has 0 saturated heterocycles. The number of para-hydroxylation sites is 1. The summed E-state index contributed by atoms with van der Waals surface area (Å²) in [7, 11) is 0. The number of carbonyl (C=O) groups excluding carboxylic acids is 1. The number of Topliss-reactive ketones (excluding diaryl/α,β-unsaturated/α-hetero) is 1. The van der Waals surface area contributed by atoms with Gasteiger partial charge >= 0.3 is 0 Å². The maximum Gasteiger partial charge on any atom is 0.198 e. The molecule has 1 heterocycles. The van der Waals surface area contributed by atoms with Crippen LogP contribution in [0, 0.1) is 0 Å². The van der Waals surface area contributed by atoms with Crippen molar-refractivity contribution in [2.24, 2.45) is 0 Å². The van der Waals surface area contributed by atoms with Crippen LogP contribution in [0.1, 0.15) is 32.1 Å². The number of nitrogens with zero attached hydrogens (tertiary/aromatic N) is 1. The summed E-state index contributed by atoms with van der Waals surface area (Å²) in [6.07, 6.45) is 9.97. The van der Waals surface area contributed by atoms with Crippen LogP contribution in [0.2, 0.25) is 0 Å². The van der Waals surface area contributed by atoms with Gasteiger partial charge in [0.1, 0.15) is 16.4 Å². The van der Waals surface area contributed by atoms with E-state index < -0.39 is 11.7 Å². The van der Waals surface area contributed by atoms with Crippen LogP contribution in [0.15, 0.2) is 94.5 Å². The van der Waals surface area contributed by atoms with Gasteiger partial charge in [0.15, 0.2) is 5.78 Å². The Balaban J connectivity index is 1.67. The molecule has 180 valence electrons. The number of benzene rings is 1. The molecule has 2 atom stereocenters. The number of carbonyl (C=O) groups is 1. The molecule has 1 aromatic carbocycles. The molecule has 6 nitrogen and oxygen atoms in total. The van der Waals surface area contributed by atoms with Crippen LogP contribution in [0.4, 0.5) is 0 Å². The number of hydrogen-bond acceptors (Lipinski definition) is 7. The van der Waals surface area contributed by atoms with Gasteiger partial charge in [0.25, 0.3) is 0 Å². The molecule has 0 spiro atoms. The van der Waals surface area contributed by atoms with Crippen molar-refractivity contribution in [1.29, 1.82) is 0 Å². The quantitative estimate of drug-likeness (QED) is 0.291. The lowest BCUT2D eigenvalue weighted by atomic mass is 9.90. The Kier molecular flexibility index (Phi) is 10.1. The molecule has 2 unspecified atom stereocenters. The summed E-state index contributed by atoms with van der Waals surface area (Å²) in [6.45, 7) is 0.527. The highest BCUT2D eigenvalue weighted by atomic mass is 32.2. The van der Waals surface area contributed by atoms with E-state index in [-0.39, 0.29) is 18.0 Å². The lowest BCUT2D eigenvalue weighted by Gasteiger charge is -2.22. The van der Waals surface area contributed by atoms with E-state index in [0.717, 1.165) is 12.2 Å². The van der Waals surface area contributed by atoms with Crippen LogP contribution in [-0.2, 0) is 4.79 Å². The third-order valence-electron chi connectivity index (χ3n) is 5.38. The summed E-state index contributed by atoms with van der Waals surface area (Å²) in [5, 5.41) is 31.0. The lowest BCUT2D eigenvalue weighted by molar-refractivity contribution is -0.112. The molecule has 7 heteroatoms. The average Bonchev–Trinajstić information content (AvgIpc) is 3.08. The molecular formula is C27H31NO5S. The van der Waals surface area contributed by atoms with Gasteiger partial charge in [0.2, 0.25) is 0 Å². The van der Waals surface area contributed by atoms with E-state index in [0.29, 0.717) is 42.2 Å². The van der Waals surface area contributed by atoms with Crippen molar-refractivity contribution in [3.05, 3.63) is 89.5 Å². The van der Waals surface area contributed by atoms with Crippen molar-refractivity contribution >= 4 is 17.5 Å². The first-order valence-corrected chi connectivity index (χ1v) is 12.3. The van der Waals surface area contributed by atoms with Crippen LogP contribution >= 0.6 is 11.8 Å². The number of aromatic nitrogens is 1. The number of hydrogen-bond donors (Lipinski definition) is 3. The SMILES string of the molecule is O=C1C(Sc2ccccn2)=CC(O)(CCCCOc2ccccc2)/C1=C\C=C\C(O)CCCO. The zero-order chi connectivity index (χ0) is 24.2. The van der Waals surface area contributed by atoms with E-state index in [2.05, 4.69) is 4.98 Å². The van der Waals surface area contributed by atoms with Gasteiger partial charge in [-0.05, 0) is 62.4 Å². The first-order chi connectivity index (χ1) is 16.5. The Morgan fingerprint density at radius 1 is 1.09 bits per heavy atom. The summed E-state index contributed by atoms with van der Waals surface area (Å²) >= 11 is 1.23. The Labute approximate surface area is 204 Å². The molecular weight excluding hydrogens is 450 g/mol. The minimum Gasteiger partial charge on any atom is -0.494 e. The smallest absolute Gasteiger partial charge is 0.198 e. The molecule has 0 fully saturated rings. The van der Waals surface area contributed by atoms with Gasteiger partial charge in [-0.25, -0.2) is 4.98 Å². The van der Waals surface area contributed by atoms with E-state index in [9.17, 15) is 15.0 Å². The van der Waals surface area contributed by atoms with E-state index in [1.54, 1.807) is 36.6 Å². The van der Waals surface area contributed by atoms with E-state index in [1.165, 1.54) is 11.8 Å². The fourth-order valence-electron chi connectivity index (χ4n) is 3.59. The number of allylic oxidation sites excluding steroid dienone is 3. The highest BCUT2D eigenvalue weighted by Crippen LogP contribution is 2.41. The number of ether oxygens (including phenoxy) is 1. The number of unbranched alkanes of at least 4 members (excludes halogenated alkanes) is 1. The summed E-state index contributed by atoms with van der Waals surface area (Å²) in [6, 6.07) is 15.0. The summed E-state index contributed by atoms with van der Waals surface area (Å²) < 4.78 is 5.73. The molecule has 1 aliphatic carbocycles. The molecule has 0 radical (unpaired) electrons. The van der Waals surface area contributed by atoms with Crippen LogP contribution < -0.4 is 4.74 Å². The molecule has 3 N–H and O–H groups in total. The number of pyridine rings is 1. The molecule has 0 amide bonds. The van der Waals surface area contributed by atoms with Crippen LogP contribution in [0.5, 0.6) is 5.75 Å². The number of thioether (sulfide) groups is 1. The zero-order valence-corrected chi connectivity index (χ0v) is 19.9. The second-order valence-corrected chi connectivity index (χ2v) is 9.11. The number of aliphatic hydroxyl groups is 3. The highest BCUT2D eigenvalue weighted by Gasteiger charge is 2.41. The predicted molar refractivity (Wildman–Crippen MR) is 133 cm³/mol. The maximum atomic E-state index is 13.1. The minimum atomic E-state index is -1.40. The van der Waals surface area contributed by atoms with Crippen molar-refractivity contribution in [2.45, 2.75) is 48.8 Å². The van der Waals surface area contributed by atoms with Gasteiger partial charge < -0.3 is 20.1 Å². The Morgan fingerprint density at radius 2 is 1.88 bits per heavy atom. The topological polar surface area (TPSA) is 99.9 Å². The number of aliphatic hydroxyl groups excluding tert-OH is 2. The van der Waals surface area contributed by atoms with Gasteiger partial charge in [0.05, 0.1) is 17.6 Å². The molecule has 0 bridgehead atoms. The predicted octanol–water partition coefficient (Wildman–Crippen LogP) is 4.24. The average molecular weight is 482 g/mol. The minimum absolute atomic E-state index is 0.0102. The van der Waals surface area contributed by atoms with Crippen molar-refractivity contribution in [2.75, 3.05) is 13.2 Å². The highest BCUT2D eigenvalue weighted by molar-refractivity contribution is 8.04. The first-order valence-electron chi connectivity index (χ1n) is 11.5. The summed E-state index contributed by atoms with van der Waals surface area (Å²) in [5.41, 5.74) is -1.12. The Bertz CT molecular complexity index is 1010. The van der Waals surface area contributed by atoms with Crippen molar-refractivity contribution in [3.63, 3.8) is 0 Å². The fraction of sp³-hybridized carbons (Fsp3) is 0.333. The molecule has 34 heavy (non-hydrogen) atoms. The monoisotopic (exact) mass is 481 g/mol. The summed E-state index contributed by atoms with van der Waals surface area (Å²) in [5.74, 6) is 0.560. The third kappa shape index (κ3) is 7.67. The molecule has 2 aromatic rings. The second-order valence-electron chi connectivity index (χ2n) is 8.05. The van der Waals surface area contributed by atoms with Crippen molar-refractivity contribution in [1.82, 2.24) is 4.98 Å². The van der Waals surface area contributed by atoms with E-state index >= 15 is 0 Å². The Morgan fingerprint density at radius 3 is 2.62 bits per heavy atom. The van der Waals surface area contributed by atoms with Gasteiger partial charge in [-0.1, -0.05) is 54.3 Å². The number of rotatable bonds is 13. The molecule has 1 aromatic heterocycles. The van der Waals surface area contributed by atoms with Gasteiger partial charge in [-0.3, -0.25) is 4.79 Å². The molecule has 0 aliphatic heterocycles. The maximum absolute atomic E-state index is 13.1. The normalized spacial score (nSPS) is 20.1. The van der Waals surface area contributed by atoms with Gasteiger partial charge in [-0.15, -0.1) is 0 Å². The first kappa shape index (κ1) is 25.9. The van der Waals surface area contributed by atoms with Crippen molar-refractivity contribution < 1.29 is 24.9 Å². The molecule has 1 aliphatic rings. The van der Waals surface area contributed by atoms with Crippen molar-refractivity contribution in [3.8, 4) is 5.75 Å². The summed E-state index contributed by atoms with van der Waals surface area (Å²) in [4.78, 5) is 17.8. The largest absolute Gasteiger partial charge is 0.494 e. The fourth-order valence-corrected chi connectivity index (χ4v) is 4.53. The van der Waals surface area contributed by atoms with Crippen LogP contribution in [0.25, 0.3) is 0 Å². The van der Waals surface area contributed by atoms with E-state index in [4.69, 9.17) is 9.84 Å². The molecule has 3 rings (SSSR count). The van der Waals surface area contributed by atoms with Crippen LogP contribution in [-0.4, -0.2) is 51.0 Å². The van der Waals surface area contributed by atoms with Gasteiger partial charge in [0, 0.05) is 18.4 Å². The second kappa shape index (κ2) is 13.2. The van der Waals surface area contributed by atoms with Crippen LogP contribution in [0.3, 0.4) is 0 Å². The number of ketones is 1. The Hall–Kier alpha value is -2.71. The molecule has 0 saturated carbocycles. The third-order valence-corrected chi connectivity index (χ3v) is 6.35.